The maximum absolute atomic E-state index is 11.1. The highest BCUT2D eigenvalue weighted by atomic mass is 16.1. The second-order valence-corrected chi connectivity index (χ2v) is 5.88. The normalized spacial score (nSPS) is 32.2. The summed E-state index contributed by atoms with van der Waals surface area (Å²) >= 11 is 0. The lowest BCUT2D eigenvalue weighted by atomic mass is 9.62. The Kier molecular flexibility index (Phi) is 3.45. The fraction of sp³-hybridized carbons (Fsp3) is 0.500. The lowest BCUT2D eigenvalue weighted by Crippen LogP contribution is -2.53. The van der Waals surface area contributed by atoms with Gasteiger partial charge in [-0.2, -0.15) is 5.26 Å². The van der Waals surface area contributed by atoms with E-state index in [2.05, 4.69) is 16.7 Å². The minimum atomic E-state index is -0.322. The Bertz CT molecular complexity index is 528. The highest BCUT2D eigenvalue weighted by Crippen LogP contribution is 2.43. The Morgan fingerprint density at radius 2 is 2.10 bits per heavy atom. The van der Waals surface area contributed by atoms with Gasteiger partial charge in [-0.25, -0.2) is 0 Å². The zero-order valence-corrected chi connectivity index (χ0v) is 11.4. The lowest BCUT2D eigenvalue weighted by Gasteiger charge is -2.43. The van der Waals surface area contributed by atoms with Crippen LogP contribution in [-0.2, 0) is 10.2 Å². The van der Waals surface area contributed by atoms with Gasteiger partial charge in [0.05, 0.1) is 11.5 Å². The lowest BCUT2D eigenvalue weighted by molar-refractivity contribution is -0.119. The molecule has 1 saturated carbocycles. The first-order chi connectivity index (χ1) is 9.72. The van der Waals surface area contributed by atoms with Gasteiger partial charge in [-0.15, -0.1) is 0 Å². The summed E-state index contributed by atoms with van der Waals surface area (Å²) in [5.74, 6) is 0.154. The molecule has 20 heavy (non-hydrogen) atoms. The number of nitrogens with zero attached hydrogens (tertiary/aromatic N) is 1. The zero-order chi connectivity index (χ0) is 14.0. The Morgan fingerprint density at radius 3 is 2.70 bits per heavy atom. The van der Waals surface area contributed by atoms with Gasteiger partial charge in [0, 0.05) is 25.0 Å². The third-order valence-electron chi connectivity index (χ3n) is 4.47. The van der Waals surface area contributed by atoms with Crippen molar-refractivity contribution in [2.75, 3.05) is 6.54 Å². The number of carbonyl (C=O) groups excluding carboxylic acids is 1. The molecule has 4 heteroatoms. The largest absolute Gasteiger partial charge is 0.352 e. The molecular formula is C16H19N3O. The molecule has 0 radical (unpaired) electrons. The Labute approximate surface area is 119 Å². The molecule has 104 valence electrons. The fourth-order valence-electron chi connectivity index (χ4n) is 3.21. The van der Waals surface area contributed by atoms with Gasteiger partial charge in [-0.05, 0) is 24.8 Å². The Morgan fingerprint density at radius 1 is 1.35 bits per heavy atom. The van der Waals surface area contributed by atoms with Gasteiger partial charge in [0.2, 0.25) is 5.91 Å². The molecule has 1 aromatic carbocycles. The van der Waals surface area contributed by atoms with Crippen molar-refractivity contribution >= 4 is 5.91 Å². The Hall–Kier alpha value is -1.86. The molecule has 1 amide bonds. The first-order valence-corrected chi connectivity index (χ1v) is 7.21. The van der Waals surface area contributed by atoms with E-state index in [1.54, 1.807) is 0 Å². The molecule has 1 atom stereocenters. The van der Waals surface area contributed by atoms with E-state index >= 15 is 0 Å². The van der Waals surface area contributed by atoms with Crippen LogP contribution in [0.3, 0.4) is 0 Å². The average molecular weight is 269 g/mol. The van der Waals surface area contributed by atoms with Gasteiger partial charge in [-0.1, -0.05) is 30.3 Å². The summed E-state index contributed by atoms with van der Waals surface area (Å²) in [6.07, 6.45) is 3.27. The van der Waals surface area contributed by atoms with E-state index < -0.39 is 0 Å². The summed E-state index contributed by atoms with van der Waals surface area (Å²) < 4.78 is 0. The third kappa shape index (κ3) is 2.41. The van der Waals surface area contributed by atoms with Crippen LogP contribution >= 0.6 is 0 Å². The molecule has 2 fully saturated rings. The smallest absolute Gasteiger partial charge is 0.220 e. The standard InChI is InChI=1S/C16H19N3O/c17-11-16(12-4-2-1-3-5-12)8-14(9-16)18-10-13-6-7-15(20)19-13/h1-5,13-14,18H,6-10H2,(H,19,20). The van der Waals surface area contributed by atoms with Crippen molar-refractivity contribution in [2.45, 2.75) is 43.2 Å². The van der Waals surface area contributed by atoms with Crippen LogP contribution in [0.25, 0.3) is 0 Å². The first kappa shape index (κ1) is 13.1. The summed E-state index contributed by atoms with van der Waals surface area (Å²) in [5, 5.41) is 15.9. The number of nitriles is 1. The zero-order valence-electron chi connectivity index (χ0n) is 11.4. The van der Waals surface area contributed by atoms with Crippen LogP contribution in [0.2, 0.25) is 0 Å². The summed E-state index contributed by atoms with van der Waals surface area (Å²) in [5.41, 5.74) is 0.799. The summed E-state index contributed by atoms with van der Waals surface area (Å²) in [4.78, 5) is 11.1. The number of amides is 1. The van der Waals surface area contributed by atoms with Gasteiger partial charge < -0.3 is 10.6 Å². The Balaban J connectivity index is 1.52. The van der Waals surface area contributed by atoms with Crippen molar-refractivity contribution in [3.63, 3.8) is 0 Å². The van der Waals surface area contributed by atoms with Gasteiger partial charge in [-0.3, -0.25) is 4.79 Å². The van der Waals surface area contributed by atoms with E-state index in [4.69, 9.17) is 0 Å². The molecule has 1 heterocycles. The molecule has 0 aromatic heterocycles. The van der Waals surface area contributed by atoms with Gasteiger partial charge in [0.15, 0.2) is 0 Å². The number of hydrogen-bond donors (Lipinski definition) is 2. The molecule has 1 saturated heterocycles. The van der Waals surface area contributed by atoms with E-state index in [0.29, 0.717) is 12.5 Å². The van der Waals surface area contributed by atoms with Gasteiger partial charge >= 0.3 is 0 Å². The minimum Gasteiger partial charge on any atom is -0.352 e. The van der Waals surface area contributed by atoms with E-state index in [0.717, 1.165) is 31.4 Å². The maximum Gasteiger partial charge on any atom is 0.220 e. The van der Waals surface area contributed by atoms with Crippen LogP contribution < -0.4 is 10.6 Å². The molecule has 3 rings (SSSR count). The van der Waals surface area contributed by atoms with E-state index in [1.165, 1.54) is 0 Å². The van der Waals surface area contributed by atoms with Gasteiger partial charge in [0.1, 0.15) is 0 Å². The second-order valence-electron chi connectivity index (χ2n) is 5.88. The summed E-state index contributed by atoms with van der Waals surface area (Å²) in [6, 6.07) is 13.2. The SMILES string of the molecule is N#CC1(c2ccccc2)CC(NCC2CCC(=O)N2)C1. The van der Waals surface area contributed by atoms with Crippen LogP contribution in [-0.4, -0.2) is 24.5 Å². The number of rotatable bonds is 4. The minimum absolute atomic E-state index is 0.154. The predicted molar refractivity (Wildman–Crippen MR) is 75.9 cm³/mol. The molecule has 1 aromatic rings. The molecule has 0 spiro atoms. The number of nitrogens with one attached hydrogen (secondary N) is 2. The van der Waals surface area contributed by atoms with Crippen LogP contribution in [0.4, 0.5) is 0 Å². The van der Waals surface area contributed by atoms with Crippen LogP contribution in [0.1, 0.15) is 31.2 Å². The fourth-order valence-corrected chi connectivity index (χ4v) is 3.21. The third-order valence-corrected chi connectivity index (χ3v) is 4.47. The average Bonchev–Trinajstić information content (AvgIpc) is 2.85. The summed E-state index contributed by atoms with van der Waals surface area (Å²) in [7, 11) is 0. The van der Waals surface area contributed by atoms with Crippen molar-refractivity contribution in [1.29, 1.82) is 5.26 Å². The quantitative estimate of drug-likeness (QED) is 0.870. The van der Waals surface area contributed by atoms with Crippen molar-refractivity contribution in [3.8, 4) is 6.07 Å². The number of hydrogen-bond acceptors (Lipinski definition) is 3. The number of carbonyl (C=O) groups is 1. The highest BCUT2D eigenvalue weighted by molar-refractivity contribution is 5.78. The van der Waals surface area contributed by atoms with Gasteiger partial charge in [0.25, 0.3) is 0 Å². The molecule has 4 nitrogen and oxygen atoms in total. The summed E-state index contributed by atoms with van der Waals surface area (Å²) in [6.45, 7) is 0.812. The van der Waals surface area contributed by atoms with Crippen molar-refractivity contribution in [3.05, 3.63) is 35.9 Å². The van der Waals surface area contributed by atoms with E-state index in [-0.39, 0.29) is 17.4 Å². The molecule has 2 aliphatic rings. The van der Waals surface area contributed by atoms with Crippen LogP contribution in [0.5, 0.6) is 0 Å². The van der Waals surface area contributed by atoms with E-state index in [9.17, 15) is 10.1 Å². The maximum atomic E-state index is 11.1. The molecular weight excluding hydrogens is 250 g/mol. The molecule has 1 unspecified atom stereocenters. The van der Waals surface area contributed by atoms with Crippen LogP contribution in [0, 0.1) is 11.3 Å². The predicted octanol–water partition coefficient (Wildman–Crippen LogP) is 1.48. The van der Waals surface area contributed by atoms with Crippen molar-refractivity contribution in [1.82, 2.24) is 10.6 Å². The molecule has 2 N–H and O–H groups in total. The number of benzene rings is 1. The molecule has 0 bridgehead atoms. The molecule has 1 aliphatic carbocycles. The second kappa shape index (κ2) is 5.26. The topological polar surface area (TPSA) is 64.9 Å². The molecule has 1 aliphatic heterocycles. The van der Waals surface area contributed by atoms with Crippen molar-refractivity contribution < 1.29 is 4.79 Å². The highest BCUT2D eigenvalue weighted by Gasteiger charge is 2.45. The van der Waals surface area contributed by atoms with Crippen molar-refractivity contribution in [2.24, 2.45) is 0 Å². The van der Waals surface area contributed by atoms with Crippen LogP contribution in [0.15, 0.2) is 30.3 Å². The first-order valence-electron chi connectivity index (χ1n) is 7.21. The van der Waals surface area contributed by atoms with E-state index in [1.807, 2.05) is 30.3 Å². The monoisotopic (exact) mass is 269 g/mol.